The molecular weight excluding hydrogens is 252 g/mol. The largest absolute Gasteiger partial charge is 0.394 e. The summed E-state index contributed by atoms with van der Waals surface area (Å²) < 4.78 is 0. The van der Waals surface area contributed by atoms with Gasteiger partial charge in [-0.2, -0.15) is 4.98 Å². The lowest BCUT2D eigenvalue weighted by atomic mass is 10.1. The Kier molecular flexibility index (Phi) is 4.74. The van der Waals surface area contributed by atoms with E-state index in [2.05, 4.69) is 22.2 Å². The monoisotopic (exact) mass is 274 g/mol. The number of hydrogen-bond acceptors (Lipinski definition) is 5. The predicted molar refractivity (Wildman–Crippen MR) is 82.7 cm³/mol. The van der Waals surface area contributed by atoms with Crippen LogP contribution in [0.4, 0.5) is 11.8 Å². The summed E-state index contributed by atoms with van der Waals surface area (Å²) >= 11 is 0. The van der Waals surface area contributed by atoms with E-state index in [-0.39, 0.29) is 18.6 Å². The van der Waals surface area contributed by atoms with E-state index >= 15 is 0 Å². The molecule has 1 aromatic heterocycles. The Balaban J connectivity index is 2.32. The van der Waals surface area contributed by atoms with Crippen LogP contribution in [0.1, 0.15) is 31.7 Å². The Hall–Kier alpha value is -1.88. The van der Waals surface area contributed by atoms with Gasteiger partial charge in [0.1, 0.15) is 5.82 Å². The van der Waals surface area contributed by atoms with E-state index in [0.717, 1.165) is 35.7 Å². The molecule has 1 unspecified atom stereocenters. The predicted octanol–water partition coefficient (Wildman–Crippen LogP) is 2.48. The van der Waals surface area contributed by atoms with Crippen molar-refractivity contribution in [1.82, 2.24) is 9.97 Å². The second-order valence-corrected chi connectivity index (χ2v) is 5.12. The number of aromatic nitrogens is 2. The summed E-state index contributed by atoms with van der Waals surface area (Å²) in [7, 11) is 0. The van der Waals surface area contributed by atoms with Crippen LogP contribution in [0.2, 0.25) is 0 Å². The highest BCUT2D eigenvalue weighted by Crippen LogP contribution is 2.23. The number of fused-ring (bicyclic) bond motifs is 1. The molecule has 2 aromatic rings. The molecule has 0 radical (unpaired) electrons. The SMILES string of the molecule is CCCCC(CO)Nc1nc(N)nc2cc(C)ccc12. The summed E-state index contributed by atoms with van der Waals surface area (Å²) in [4.78, 5) is 8.53. The molecule has 0 aliphatic rings. The third kappa shape index (κ3) is 3.36. The van der Waals surface area contributed by atoms with Crippen molar-refractivity contribution in [2.45, 2.75) is 39.2 Å². The Bertz CT molecular complexity index is 580. The summed E-state index contributed by atoms with van der Waals surface area (Å²) in [5.41, 5.74) is 7.72. The van der Waals surface area contributed by atoms with Crippen LogP contribution in [0.25, 0.3) is 10.9 Å². The number of aliphatic hydroxyl groups is 1. The summed E-state index contributed by atoms with van der Waals surface area (Å²) in [6, 6.07) is 5.99. The molecule has 0 saturated carbocycles. The zero-order valence-electron chi connectivity index (χ0n) is 12.1. The van der Waals surface area contributed by atoms with Crippen molar-refractivity contribution < 1.29 is 5.11 Å². The van der Waals surface area contributed by atoms with Crippen molar-refractivity contribution in [3.05, 3.63) is 23.8 Å². The minimum Gasteiger partial charge on any atom is -0.394 e. The van der Waals surface area contributed by atoms with Crippen LogP contribution < -0.4 is 11.1 Å². The number of nitrogens with one attached hydrogen (secondary N) is 1. The maximum Gasteiger partial charge on any atom is 0.222 e. The van der Waals surface area contributed by atoms with Gasteiger partial charge in [-0.3, -0.25) is 0 Å². The van der Waals surface area contributed by atoms with Crippen LogP contribution in [-0.2, 0) is 0 Å². The van der Waals surface area contributed by atoms with Gasteiger partial charge in [0.05, 0.1) is 18.2 Å². The van der Waals surface area contributed by atoms with Gasteiger partial charge < -0.3 is 16.2 Å². The molecule has 0 spiro atoms. The Morgan fingerprint density at radius 1 is 1.35 bits per heavy atom. The molecule has 1 heterocycles. The highest BCUT2D eigenvalue weighted by atomic mass is 16.3. The quantitative estimate of drug-likeness (QED) is 0.753. The summed E-state index contributed by atoms with van der Waals surface area (Å²) in [6.07, 6.45) is 3.07. The molecule has 1 aromatic carbocycles. The molecule has 0 aliphatic heterocycles. The standard InChI is InChI=1S/C15H22N4O/c1-3-4-5-11(9-20)17-14-12-7-6-10(2)8-13(12)18-15(16)19-14/h6-8,11,20H,3-5,9H2,1-2H3,(H3,16,17,18,19). The second-order valence-electron chi connectivity index (χ2n) is 5.12. The lowest BCUT2D eigenvalue weighted by Crippen LogP contribution is -2.24. The number of nitrogens with two attached hydrogens (primary N) is 1. The molecule has 4 N–H and O–H groups in total. The van der Waals surface area contributed by atoms with Crippen molar-refractivity contribution in [3.8, 4) is 0 Å². The fourth-order valence-electron chi connectivity index (χ4n) is 2.22. The van der Waals surface area contributed by atoms with Crippen molar-refractivity contribution >= 4 is 22.7 Å². The molecular formula is C15H22N4O. The molecule has 5 heteroatoms. The van der Waals surface area contributed by atoms with Gasteiger partial charge in [-0.1, -0.05) is 25.8 Å². The maximum atomic E-state index is 9.46. The van der Waals surface area contributed by atoms with E-state index in [1.807, 2.05) is 25.1 Å². The molecule has 5 nitrogen and oxygen atoms in total. The fraction of sp³-hybridized carbons (Fsp3) is 0.467. The second kappa shape index (κ2) is 6.52. The number of aryl methyl sites for hydroxylation is 1. The van der Waals surface area contributed by atoms with Crippen LogP contribution in [0.5, 0.6) is 0 Å². The third-order valence-electron chi connectivity index (χ3n) is 3.34. The van der Waals surface area contributed by atoms with E-state index < -0.39 is 0 Å². The number of nitrogens with zero attached hydrogens (tertiary/aromatic N) is 2. The molecule has 0 amide bonds. The van der Waals surface area contributed by atoms with Gasteiger partial charge in [-0.15, -0.1) is 0 Å². The van der Waals surface area contributed by atoms with Gasteiger partial charge >= 0.3 is 0 Å². The number of rotatable bonds is 6. The number of unbranched alkanes of at least 4 members (excludes halogenated alkanes) is 1. The first-order valence-corrected chi connectivity index (χ1v) is 7.05. The maximum absolute atomic E-state index is 9.46. The number of aliphatic hydroxyl groups excluding tert-OH is 1. The zero-order valence-corrected chi connectivity index (χ0v) is 12.1. The third-order valence-corrected chi connectivity index (χ3v) is 3.34. The van der Waals surface area contributed by atoms with Crippen LogP contribution in [-0.4, -0.2) is 27.7 Å². The van der Waals surface area contributed by atoms with Crippen molar-refractivity contribution in [3.63, 3.8) is 0 Å². The van der Waals surface area contributed by atoms with E-state index in [1.54, 1.807) is 0 Å². The molecule has 0 bridgehead atoms. The van der Waals surface area contributed by atoms with E-state index in [4.69, 9.17) is 5.73 Å². The number of hydrogen-bond donors (Lipinski definition) is 3. The Morgan fingerprint density at radius 3 is 2.85 bits per heavy atom. The van der Waals surface area contributed by atoms with Crippen molar-refractivity contribution in [2.75, 3.05) is 17.7 Å². The van der Waals surface area contributed by atoms with Crippen molar-refractivity contribution in [2.24, 2.45) is 0 Å². The molecule has 0 aliphatic carbocycles. The van der Waals surface area contributed by atoms with E-state index in [9.17, 15) is 5.11 Å². The number of anilines is 2. The average molecular weight is 274 g/mol. The van der Waals surface area contributed by atoms with Crippen LogP contribution in [0, 0.1) is 6.92 Å². The molecule has 1 atom stereocenters. The van der Waals surface area contributed by atoms with E-state index in [0.29, 0.717) is 5.82 Å². The molecule has 2 rings (SSSR count). The lowest BCUT2D eigenvalue weighted by Gasteiger charge is -2.18. The normalized spacial score (nSPS) is 12.6. The van der Waals surface area contributed by atoms with Gasteiger partial charge in [-0.25, -0.2) is 4.98 Å². The van der Waals surface area contributed by atoms with Crippen LogP contribution >= 0.6 is 0 Å². The van der Waals surface area contributed by atoms with Gasteiger partial charge in [-0.05, 0) is 31.0 Å². The summed E-state index contributed by atoms with van der Waals surface area (Å²) in [5, 5.41) is 13.7. The average Bonchev–Trinajstić information content (AvgIpc) is 2.42. The smallest absolute Gasteiger partial charge is 0.222 e. The molecule has 20 heavy (non-hydrogen) atoms. The zero-order chi connectivity index (χ0) is 14.5. The summed E-state index contributed by atoms with van der Waals surface area (Å²) in [6.45, 7) is 4.23. The minimum absolute atomic E-state index is 0.00578. The van der Waals surface area contributed by atoms with Gasteiger partial charge in [0.2, 0.25) is 5.95 Å². The minimum atomic E-state index is -0.00578. The Morgan fingerprint density at radius 2 is 2.15 bits per heavy atom. The van der Waals surface area contributed by atoms with Crippen molar-refractivity contribution in [1.29, 1.82) is 0 Å². The van der Waals surface area contributed by atoms with Gasteiger partial charge in [0, 0.05) is 5.39 Å². The fourth-order valence-corrected chi connectivity index (χ4v) is 2.22. The van der Waals surface area contributed by atoms with Crippen LogP contribution in [0.15, 0.2) is 18.2 Å². The van der Waals surface area contributed by atoms with Gasteiger partial charge in [0.15, 0.2) is 0 Å². The lowest BCUT2D eigenvalue weighted by molar-refractivity contribution is 0.267. The topological polar surface area (TPSA) is 84.1 Å². The highest BCUT2D eigenvalue weighted by molar-refractivity contribution is 5.90. The Labute approximate surface area is 119 Å². The van der Waals surface area contributed by atoms with E-state index in [1.165, 1.54) is 0 Å². The first kappa shape index (κ1) is 14.5. The molecule has 0 saturated heterocycles. The summed E-state index contributed by atoms with van der Waals surface area (Å²) in [5.74, 6) is 0.945. The van der Waals surface area contributed by atoms with Crippen LogP contribution in [0.3, 0.4) is 0 Å². The molecule has 108 valence electrons. The first-order chi connectivity index (χ1) is 9.63. The molecule has 0 fully saturated rings. The number of nitrogen functional groups attached to an aromatic ring is 1. The van der Waals surface area contributed by atoms with Gasteiger partial charge in [0.25, 0.3) is 0 Å². The first-order valence-electron chi connectivity index (χ1n) is 7.05. The number of benzene rings is 1. The highest BCUT2D eigenvalue weighted by Gasteiger charge is 2.11.